The number of aliphatic imine (C=N–C) groups is 1. The first-order valence-electron chi connectivity index (χ1n) is 8.60. The molecule has 2 saturated heterocycles. The molecule has 3 heterocycles. The van der Waals surface area contributed by atoms with E-state index in [2.05, 4.69) is 45.8 Å². The summed E-state index contributed by atoms with van der Waals surface area (Å²) in [6.45, 7) is 8.54. The van der Waals surface area contributed by atoms with Gasteiger partial charge < -0.3 is 20.3 Å². The molecule has 7 heteroatoms. The number of hydrogen-bond donors (Lipinski definition) is 1. The number of pyridine rings is 1. The Hall–Kier alpha value is -1.47. The summed E-state index contributed by atoms with van der Waals surface area (Å²) < 4.78 is 5.78. The van der Waals surface area contributed by atoms with Gasteiger partial charge in [-0.3, -0.25) is 0 Å². The maximum absolute atomic E-state index is 6.10. The predicted molar refractivity (Wildman–Crippen MR) is 101 cm³/mol. The summed E-state index contributed by atoms with van der Waals surface area (Å²) in [5.74, 6) is 3.91. The van der Waals surface area contributed by atoms with E-state index in [1.807, 2.05) is 18.0 Å². The third-order valence-corrected chi connectivity index (χ3v) is 5.25. The van der Waals surface area contributed by atoms with Gasteiger partial charge in [0.25, 0.3) is 0 Å². The first kappa shape index (κ1) is 17.4. The minimum Gasteiger partial charge on any atom is -0.372 e. The Kier molecular flexibility index (Phi) is 5.84. The Balaban J connectivity index is 1.58. The highest BCUT2D eigenvalue weighted by atomic mass is 32.2. The molecule has 0 bridgehead atoms. The quantitative estimate of drug-likeness (QED) is 0.660. The molecule has 0 saturated carbocycles. The predicted octanol–water partition coefficient (Wildman–Crippen LogP) is 1.56. The van der Waals surface area contributed by atoms with Gasteiger partial charge in [0.05, 0.1) is 18.8 Å². The molecule has 2 N–H and O–H groups in total. The topological polar surface area (TPSA) is 67.0 Å². The van der Waals surface area contributed by atoms with Crippen molar-refractivity contribution in [3.05, 3.63) is 23.9 Å². The molecule has 1 aromatic heterocycles. The lowest BCUT2D eigenvalue weighted by Crippen LogP contribution is -2.45. The molecule has 2 atom stereocenters. The first-order chi connectivity index (χ1) is 11.6. The largest absolute Gasteiger partial charge is 0.372 e. The van der Waals surface area contributed by atoms with Crippen molar-refractivity contribution in [3.8, 4) is 0 Å². The second-order valence-electron chi connectivity index (χ2n) is 6.46. The maximum Gasteiger partial charge on any atom is 0.191 e. The number of rotatable bonds is 3. The third-order valence-electron chi connectivity index (χ3n) is 4.31. The second-order valence-corrected chi connectivity index (χ2v) is 7.69. The number of nitrogens with two attached hydrogens (primary N) is 1. The standard InChI is InChI=1S/C17H27N5OS/c1-13-11-22(12-14(2)23-13)16-4-3-15(9-19-16)10-20-17(18)21-5-7-24-8-6-21/h3-4,9,13-14H,5-8,10-12H2,1-2H3,(H2,18,20). The molecule has 0 spiro atoms. The minimum atomic E-state index is 0.238. The first-order valence-corrected chi connectivity index (χ1v) is 9.75. The van der Waals surface area contributed by atoms with Crippen LogP contribution < -0.4 is 10.6 Å². The van der Waals surface area contributed by atoms with Crippen molar-refractivity contribution in [1.82, 2.24) is 9.88 Å². The summed E-state index contributed by atoms with van der Waals surface area (Å²) in [7, 11) is 0. The third kappa shape index (κ3) is 4.54. The Morgan fingerprint density at radius 1 is 1.29 bits per heavy atom. The van der Waals surface area contributed by atoms with Gasteiger partial charge in [0, 0.05) is 43.9 Å². The van der Waals surface area contributed by atoms with Crippen LogP contribution in [0.5, 0.6) is 0 Å². The zero-order chi connectivity index (χ0) is 16.9. The van der Waals surface area contributed by atoms with Gasteiger partial charge in [0.1, 0.15) is 5.82 Å². The lowest BCUT2D eigenvalue weighted by Gasteiger charge is -2.36. The Morgan fingerprint density at radius 2 is 2.00 bits per heavy atom. The van der Waals surface area contributed by atoms with Crippen LogP contribution in [-0.4, -0.2) is 65.7 Å². The monoisotopic (exact) mass is 349 g/mol. The van der Waals surface area contributed by atoms with E-state index in [1.165, 1.54) is 0 Å². The summed E-state index contributed by atoms with van der Waals surface area (Å²) >= 11 is 1.97. The van der Waals surface area contributed by atoms with Crippen LogP contribution in [0.1, 0.15) is 19.4 Å². The summed E-state index contributed by atoms with van der Waals surface area (Å²) in [6, 6.07) is 4.17. The molecule has 3 rings (SSSR count). The number of morpholine rings is 1. The number of anilines is 1. The van der Waals surface area contributed by atoms with Crippen LogP contribution in [-0.2, 0) is 11.3 Å². The molecule has 1 aromatic rings. The summed E-state index contributed by atoms with van der Waals surface area (Å²) in [5, 5.41) is 0. The van der Waals surface area contributed by atoms with Gasteiger partial charge in [-0.2, -0.15) is 11.8 Å². The van der Waals surface area contributed by atoms with E-state index in [4.69, 9.17) is 10.5 Å². The highest BCUT2D eigenvalue weighted by molar-refractivity contribution is 7.99. The maximum atomic E-state index is 6.10. The fourth-order valence-electron chi connectivity index (χ4n) is 3.13. The van der Waals surface area contributed by atoms with Crippen LogP contribution in [0.15, 0.2) is 23.3 Å². The van der Waals surface area contributed by atoms with Gasteiger partial charge in [-0.25, -0.2) is 9.98 Å². The van der Waals surface area contributed by atoms with Crippen molar-refractivity contribution in [2.45, 2.75) is 32.6 Å². The number of aromatic nitrogens is 1. The average Bonchev–Trinajstić information content (AvgIpc) is 2.60. The summed E-state index contributed by atoms with van der Waals surface area (Å²) in [6.07, 6.45) is 2.38. The second kappa shape index (κ2) is 8.07. The van der Waals surface area contributed by atoms with Crippen LogP contribution in [0.2, 0.25) is 0 Å². The molecule has 0 aromatic carbocycles. The number of nitrogens with zero attached hydrogens (tertiary/aromatic N) is 4. The molecule has 24 heavy (non-hydrogen) atoms. The molecule has 2 unspecified atom stereocenters. The Morgan fingerprint density at radius 3 is 2.62 bits per heavy atom. The Bertz CT molecular complexity index is 549. The van der Waals surface area contributed by atoms with Crippen molar-refractivity contribution in [2.24, 2.45) is 10.7 Å². The molecule has 6 nitrogen and oxygen atoms in total. The van der Waals surface area contributed by atoms with Gasteiger partial charge >= 0.3 is 0 Å². The molecule has 0 amide bonds. The molecule has 132 valence electrons. The molecule has 0 aliphatic carbocycles. The van der Waals surface area contributed by atoms with Gasteiger partial charge in [0.15, 0.2) is 5.96 Å². The van der Waals surface area contributed by atoms with E-state index in [-0.39, 0.29) is 12.2 Å². The molecular weight excluding hydrogens is 322 g/mol. The normalized spacial score (nSPS) is 25.8. The van der Waals surface area contributed by atoms with E-state index < -0.39 is 0 Å². The lowest BCUT2D eigenvalue weighted by atomic mass is 10.2. The van der Waals surface area contributed by atoms with Gasteiger partial charge in [-0.1, -0.05) is 6.07 Å². The van der Waals surface area contributed by atoms with E-state index in [0.717, 1.165) is 49.1 Å². The van der Waals surface area contributed by atoms with Crippen LogP contribution in [0, 0.1) is 0 Å². The van der Waals surface area contributed by atoms with Crippen molar-refractivity contribution in [3.63, 3.8) is 0 Å². The minimum absolute atomic E-state index is 0.238. The molecule has 2 fully saturated rings. The van der Waals surface area contributed by atoms with Gasteiger partial charge in [-0.05, 0) is 25.5 Å². The van der Waals surface area contributed by atoms with Crippen LogP contribution in [0.4, 0.5) is 5.82 Å². The fraction of sp³-hybridized carbons (Fsp3) is 0.647. The van der Waals surface area contributed by atoms with Crippen LogP contribution >= 0.6 is 11.8 Å². The SMILES string of the molecule is CC1CN(c2ccc(CN=C(N)N3CCSCC3)cn2)CC(C)O1. The number of guanidine groups is 1. The summed E-state index contributed by atoms with van der Waals surface area (Å²) in [5.41, 5.74) is 7.18. The molecular formula is C17H27N5OS. The highest BCUT2D eigenvalue weighted by Gasteiger charge is 2.22. The zero-order valence-electron chi connectivity index (χ0n) is 14.5. The van der Waals surface area contributed by atoms with Gasteiger partial charge in [-0.15, -0.1) is 0 Å². The average molecular weight is 350 g/mol. The van der Waals surface area contributed by atoms with Gasteiger partial charge in [0.2, 0.25) is 0 Å². The summed E-state index contributed by atoms with van der Waals surface area (Å²) in [4.78, 5) is 13.6. The van der Waals surface area contributed by atoms with E-state index in [0.29, 0.717) is 12.5 Å². The zero-order valence-corrected chi connectivity index (χ0v) is 15.3. The van der Waals surface area contributed by atoms with Crippen LogP contribution in [0.3, 0.4) is 0 Å². The van der Waals surface area contributed by atoms with E-state index in [1.54, 1.807) is 0 Å². The van der Waals surface area contributed by atoms with Crippen molar-refractivity contribution >= 4 is 23.5 Å². The molecule has 2 aliphatic heterocycles. The molecule has 0 radical (unpaired) electrons. The number of thioether (sulfide) groups is 1. The lowest BCUT2D eigenvalue weighted by molar-refractivity contribution is -0.00545. The number of hydrogen-bond acceptors (Lipinski definition) is 5. The van der Waals surface area contributed by atoms with Crippen molar-refractivity contribution < 1.29 is 4.74 Å². The molecule has 2 aliphatic rings. The number of ether oxygens (including phenoxy) is 1. The van der Waals surface area contributed by atoms with Crippen LogP contribution in [0.25, 0.3) is 0 Å². The Labute approximate surface area is 148 Å². The van der Waals surface area contributed by atoms with E-state index in [9.17, 15) is 0 Å². The smallest absolute Gasteiger partial charge is 0.191 e. The van der Waals surface area contributed by atoms with Crippen molar-refractivity contribution in [2.75, 3.05) is 42.6 Å². The highest BCUT2D eigenvalue weighted by Crippen LogP contribution is 2.18. The fourth-order valence-corrected chi connectivity index (χ4v) is 4.03. The van der Waals surface area contributed by atoms with Crippen molar-refractivity contribution in [1.29, 1.82) is 0 Å². The van der Waals surface area contributed by atoms with E-state index >= 15 is 0 Å².